The third kappa shape index (κ3) is 2.51. The summed E-state index contributed by atoms with van der Waals surface area (Å²) in [5.74, 6) is 2.36. The number of hydrogen-bond acceptors (Lipinski definition) is 4. The van der Waals surface area contributed by atoms with Gasteiger partial charge in [-0.15, -0.1) is 0 Å². The van der Waals surface area contributed by atoms with Crippen LogP contribution < -0.4 is 10.6 Å². The molecule has 0 radical (unpaired) electrons. The lowest BCUT2D eigenvalue weighted by molar-refractivity contribution is 0.425. The zero-order valence-electron chi connectivity index (χ0n) is 11.0. The van der Waals surface area contributed by atoms with E-state index < -0.39 is 0 Å². The van der Waals surface area contributed by atoms with Crippen LogP contribution in [0.1, 0.15) is 43.5 Å². The minimum atomic E-state index is 0.607. The molecule has 0 bridgehead atoms. The monoisotopic (exact) mass is 234 g/mol. The smallest absolute Gasteiger partial charge is 0.137 e. The molecule has 0 amide bonds. The Morgan fingerprint density at radius 1 is 1.12 bits per heavy atom. The molecule has 0 unspecified atom stereocenters. The number of aromatic nitrogens is 2. The van der Waals surface area contributed by atoms with Crippen molar-refractivity contribution in [2.45, 2.75) is 52.0 Å². The number of nitrogen functional groups attached to an aromatic ring is 1. The number of aryl methyl sites for hydroxylation is 1. The van der Waals surface area contributed by atoms with Gasteiger partial charge < -0.3 is 10.6 Å². The van der Waals surface area contributed by atoms with Crippen LogP contribution in [-0.4, -0.2) is 23.1 Å². The van der Waals surface area contributed by atoms with Crippen LogP contribution in [0.15, 0.2) is 0 Å². The number of rotatable bonds is 2. The van der Waals surface area contributed by atoms with Crippen molar-refractivity contribution < 1.29 is 0 Å². The van der Waals surface area contributed by atoms with Crippen molar-refractivity contribution in [1.82, 2.24) is 9.97 Å². The highest BCUT2D eigenvalue weighted by atomic mass is 15.2. The maximum atomic E-state index is 5.91. The van der Waals surface area contributed by atoms with Crippen LogP contribution >= 0.6 is 0 Å². The van der Waals surface area contributed by atoms with Crippen LogP contribution in [0.2, 0.25) is 0 Å². The second-order valence-corrected chi connectivity index (χ2v) is 5.01. The van der Waals surface area contributed by atoms with E-state index >= 15 is 0 Å². The van der Waals surface area contributed by atoms with E-state index in [1.807, 2.05) is 13.8 Å². The highest BCUT2D eigenvalue weighted by Crippen LogP contribution is 2.28. The Bertz CT molecular complexity index is 397. The van der Waals surface area contributed by atoms with E-state index in [1.165, 1.54) is 32.1 Å². The van der Waals surface area contributed by atoms with Crippen molar-refractivity contribution in [3.8, 4) is 0 Å². The van der Waals surface area contributed by atoms with Gasteiger partial charge in [0.1, 0.15) is 17.5 Å². The molecule has 2 N–H and O–H groups in total. The largest absolute Gasteiger partial charge is 0.383 e. The van der Waals surface area contributed by atoms with Gasteiger partial charge in [0.2, 0.25) is 0 Å². The first-order valence-electron chi connectivity index (χ1n) is 6.43. The van der Waals surface area contributed by atoms with Crippen LogP contribution in [0, 0.1) is 13.8 Å². The lowest BCUT2D eigenvalue weighted by Crippen LogP contribution is -2.34. The summed E-state index contributed by atoms with van der Waals surface area (Å²) in [4.78, 5) is 11.0. The summed E-state index contributed by atoms with van der Waals surface area (Å²) >= 11 is 0. The molecule has 0 aromatic carbocycles. The van der Waals surface area contributed by atoms with E-state index in [-0.39, 0.29) is 0 Å². The van der Waals surface area contributed by atoms with E-state index in [1.54, 1.807) is 0 Å². The number of hydrogen-bond donors (Lipinski definition) is 1. The molecule has 4 nitrogen and oxygen atoms in total. The second-order valence-electron chi connectivity index (χ2n) is 5.01. The Labute approximate surface area is 103 Å². The molecule has 1 saturated carbocycles. The normalized spacial score (nSPS) is 17.1. The van der Waals surface area contributed by atoms with E-state index in [4.69, 9.17) is 5.73 Å². The predicted molar refractivity (Wildman–Crippen MR) is 71.2 cm³/mol. The van der Waals surface area contributed by atoms with Gasteiger partial charge in [-0.1, -0.05) is 19.3 Å². The summed E-state index contributed by atoms with van der Waals surface area (Å²) < 4.78 is 0. The topological polar surface area (TPSA) is 55.0 Å². The van der Waals surface area contributed by atoms with Crippen molar-refractivity contribution >= 4 is 11.6 Å². The zero-order chi connectivity index (χ0) is 12.4. The molecule has 0 atom stereocenters. The Morgan fingerprint density at radius 2 is 1.76 bits per heavy atom. The maximum absolute atomic E-state index is 5.91. The number of nitrogens with two attached hydrogens (primary N) is 1. The van der Waals surface area contributed by atoms with Crippen LogP contribution in [0.5, 0.6) is 0 Å². The van der Waals surface area contributed by atoms with Gasteiger partial charge in [-0.2, -0.15) is 0 Å². The van der Waals surface area contributed by atoms with Gasteiger partial charge in [0.15, 0.2) is 0 Å². The summed E-state index contributed by atoms with van der Waals surface area (Å²) in [7, 11) is 2.13. The third-order valence-electron chi connectivity index (χ3n) is 3.73. The molecule has 0 spiro atoms. The highest BCUT2D eigenvalue weighted by molar-refractivity contribution is 5.56. The van der Waals surface area contributed by atoms with Crippen LogP contribution in [0.3, 0.4) is 0 Å². The lowest BCUT2D eigenvalue weighted by Gasteiger charge is -2.33. The van der Waals surface area contributed by atoms with Gasteiger partial charge in [-0.05, 0) is 26.7 Å². The van der Waals surface area contributed by atoms with E-state index in [0.29, 0.717) is 11.9 Å². The highest BCUT2D eigenvalue weighted by Gasteiger charge is 2.21. The fourth-order valence-corrected chi connectivity index (χ4v) is 2.62. The summed E-state index contributed by atoms with van der Waals surface area (Å²) in [6.07, 6.45) is 6.55. The van der Waals surface area contributed by atoms with Crippen molar-refractivity contribution in [1.29, 1.82) is 0 Å². The van der Waals surface area contributed by atoms with Gasteiger partial charge >= 0.3 is 0 Å². The molecule has 1 fully saturated rings. The average molecular weight is 234 g/mol. The molecule has 0 aliphatic heterocycles. The molecule has 4 heteroatoms. The molecular formula is C13H22N4. The fourth-order valence-electron chi connectivity index (χ4n) is 2.62. The minimum Gasteiger partial charge on any atom is -0.383 e. The standard InChI is InChI=1S/C13H22N4/c1-9-12(14)15-10(2)16-13(9)17(3)11-7-5-4-6-8-11/h11H,4-8H2,1-3H3,(H2,14,15,16). The van der Waals surface area contributed by atoms with Crippen LogP contribution in [0.25, 0.3) is 0 Å². The molecule has 1 aliphatic rings. The molecule has 94 valence electrons. The molecule has 1 aromatic rings. The Morgan fingerprint density at radius 3 is 2.41 bits per heavy atom. The summed E-state index contributed by atoms with van der Waals surface area (Å²) in [5.41, 5.74) is 6.91. The average Bonchev–Trinajstić information content (AvgIpc) is 2.34. The molecule has 2 rings (SSSR count). The molecule has 17 heavy (non-hydrogen) atoms. The van der Waals surface area contributed by atoms with E-state index in [9.17, 15) is 0 Å². The summed E-state index contributed by atoms with van der Waals surface area (Å²) in [6.45, 7) is 3.90. The molecule has 1 aliphatic carbocycles. The SMILES string of the molecule is Cc1nc(N)c(C)c(N(C)C2CCCCC2)n1. The quantitative estimate of drug-likeness (QED) is 0.854. The van der Waals surface area contributed by atoms with Crippen molar-refractivity contribution in [3.63, 3.8) is 0 Å². The van der Waals surface area contributed by atoms with Crippen LogP contribution in [-0.2, 0) is 0 Å². The minimum absolute atomic E-state index is 0.607. The first kappa shape index (κ1) is 12.1. The Balaban J connectivity index is 2.26. The molecule has 1 aromatic heterocycles. The van der Waals surface area contributed by atoms with E-state index in [2.05, 4.69) is 21.9 Å². The predicted octanol–water partition coefficient (Wildman–Crippen LogP) is 2.44. The third-order valence-corrected chi connectivity index (χ3v) is 3.73. The van der Waals surface area contributed by atoms with Gasteiger partial charge in [0.05, 0.1) is 0 Å². The van der Waals surface area contributed by atoms with Gasteiger partial charge in [-0.25, -0.2) is 9.97 Å². The lowest BCUT2D eigenvalue weighted by atomic mass is 9.94. The summed E-state index contributed by atoms with van der Waals surface area (Å²) in [5, 5.41) is 0. The van der Waals surface area contributed by atoms with Gasteiger partial charge in [0, 0.05) is 18.7 Å². The first-order chi connectivity index (χ1) is 8.09. The Kier molecular flexibility index (Phi) is 3.50. The molecule has 1 heterocycles. The number of nitrogens with zero attached hydrogens (tertiary/aromatic N) is 3. The summed E-state index contributed by atoms with van der Waals surface area (Å²) in [6, 6.07) is 0.608. The molecule has 0 saturated heterocycles. The van der Waals surface area contributed by atoms with Crippen molar-refractivity contribution in [2.75, 3.05) is 17.7 Å². The maximum Gasteiger partial charge on any atom is 0.137 e. The fraction of sp³-hybridized carbons (Fsp3) is 0.692. The zero-order valence-corrected chi connectivity index (χ0v) is 11.0. The first-order valence-corrected chi connectivity index (χ1v) is 6.43. The van der Waals surface area contributed by atoms with E-state index in [0.717, 1.165) is 17.2 Å². The Hall–Kier alpha value is -1.32. The van der Waals surface area contributed by atoms with Gasteiger partial charge in [0.25, 0.3) is 0 Å². The van der Waals surface area contributed by atoms with Crippen molar-refractivity contribution in [3.05, 3.63) is 11.4 Å². The number of anilines is 2. The molecular weight excluding hydrogens is 212 g/mol. The van der Waals surface area contributed by atoms with Crippen LogP contribution in [0.4, 0.5) is 11.6 Å². The van der Waals surface area contributed by atoms with Gasteiger partial charge in [-0.3, -0.25) is 0 Å². The second kappa shape index (κ2) is 4.90. The van der Waals surface area contributed by atoms with Crippen molar-refractivity contribution in [2.24, 2.45) is 0 Å².